The number of carbonyl (C=O) groups is 2. The van der Waals surface area contributed by atoms with E-state index in [2.05, 4.69) is 0 Å². The van der Waals surface area contributed by atoms with E-state index in [9.17, 15) is 9.59 Å². The first-order chi connectivity index (χ1) is 15.0. The maximum atomic E-state index is 13.2. The highest BCUT2D eigenvalue weighted by Gasteiger charge is 2.22. The molecule has 2 aromatic carbocycles. The minimum absolute atomic E-state index is 0.115. The summed E-state index contributed by atoms with van der Waals surface area (Å²) in [5.74, 6) is 0.440. The first-order valence-corrected chi connectivity index (χ1v) is 10.7. The number of thiophene rings is 1. The van der Waals surface area contributed by atoms with Gasteiger partial charge >= 0.3 is 0 Å². The van der Waals surface area contributed by atoms with E-state index in [0.717, 1.165) is 4.88 Å². The van der Waals surface area contributed by atoms with Crippen LogP contribution in [-0.4, -0.2) is 31.6 Å². The van der Waals surface area contributed by atoms with E-state index in [0.29, 0.717) is 42.0 Å². The largest absolute Gasteiger partial charge is 0.486 e. The van der Waals surface area contributed by atoms with Crippen LogP contribution in [0.3, 0.4) is 0 Å². The molecule has 0 saturated carbocycles. The third-order valence-electron chi connectivity index (χ3n) is 4.59. The van der Waals surface area contributed by atoms with Crippen LogP contribution in [0.1, 0.15) is 15.2 Å². The molecular weight excluding hydrogens is 440 g/mol. The lowest BCUT2D eigenvalue weighted by Gasteiger charge is -2.25. The minimum atomic E-state index is -0.688. The van der Waals surface area contributed by atoms with Crippen LogP contribution in [0, 0.1) is 0 Å². The summed E-state index contributed by atoms with van der Waals surface area (Å²) in [6.07, 6.45) is 0. The second kappa shape index (κ2) is 9.28. The number of nitrogens with zero attached hydrogens (tertiary/aromatic N) is 1. The number of nitrogens with two attached hydrogens (primary N) is 1. The van der Waals surface area contributed by atoms with Crippen molar-refractivity contribution in [2.45, 2.75) is 6.54 Å². The van der Waals surface area contributed by atoms with E-state index in [1.54, 1.807) is 40.5 Å². The summed E-state index contributed by atoms with van der Waals surface area (Å²) in [7, 11) is 0. The van der Waals surface area contributed by atoms with Gasteiger partial charge in [-0.3, -0.25) is 9.59 Å². The normalized spacial score (nSPS) is 12.3. The van der Waals surface area contributed by atoms with E-state index in [1.165, 1.54) is 12.1 Å². The lowest BCUT2D eigenvalue weighted by atomic mass is 10.2. The zero-order valence-corrected chi connectivity index (χ0v) is 17.9. The van der Waals surface area contributed by atoms with Gasteiger partial charge in [0.2, 0.25) is 0 Å². The Kier molecular flexibility index (Phi) is 6.29. The van der Waals surface area contributed by atoms with E-state index in [-0.39, 0.29) is 23.8 Å². The summed E-state index contributed by atoms with van der Waals surface area (Å²) in [6.45, 7) is 1.01. The predicted octanol–water partition coefficient (Wildman–Crippen LogP) is 3.88. The molecule has 2 N–H and O–H groups in total. The number of halogens is 1. The quantitative estimate of drug-likeness (QED) is 0.580. The molecule has 0 fully saturated rings. The van der Waals surface area contributed by atoms with Crippen LogP contribution in [0.4, 0.5) is 5.69 Å². The molecule has 0 spiro atoms. The molecule has 7 nitrogen and oxygen atoms in total. The molecule has 2 heterocycles. The van der Waals surface area contributed by atoms with Gasteiger partial charge in [-0.25, -0.2) is 0 Å². The number of rotatable bonds is 7. The summed E-state index contributed by atoms with van der Waals surface area (Å²) < 4.78 is 16.9. The summed E-state index contributed by atoms with van der Waals surface area (Å²) in [4.78, 5) is 27.4. The van der Waals surface area contributed by atoms with Crippen molar-refractivity contribution in [3.63, 3.8) is 0 Å². The monoisotopic (exact) mass is 458 g/mol. The molecule has 160 valence electrons. The van der Waals surface area contributed by atoms with Crippen molar-refractivity contribution >= 4 is 40.4 Å². The number of benzene rings is 2. The van der Waals surface area contributed by atoms with Gasteiger partial charge in [0.15, 0.2) is 18.1 Å². The molecule has 0 atom stereocenters. The number of primary amides is 1. The Morgan fingerprint density at radius 2 is 1.90 bits per heavy atom. The molecule has 9 heteroatoms. The predicted molar refractivity (Wildman–Crippen MR) is 118 cm³/mol. The van der Waals surface area contributed by atoms with Crippen LogP contribution in [0.5, 0.6) is 17.2 Å². The molecule has 0 aliphatic carbocycles. The molecule has 31 heavy (non-hydrogen) atoms. The standard InChI is InChI=1S/C22H19ClN2O5S/c23-14-3-5-18(17(10-14)22(24)27)30-13-21(26)25(12-16-2-1-9-31-16)15-4-6-19-20(11-15)29-8-7-28-19/h1-6,9-11H,7-8,12-13H2,(H2,24,27). The molecule has 1 aliphatic rings. The minimum Gasteiger partial charge on any atom is -0.486 e. The van der Waals surface area contributed by atoms with Gasteiger partial charge in [-0.15, -0.1) is 11.3 Å². The van der Waals surface area contributed by atoms with Gasteiger partial charge in [-0.2, -0.15) is 0 Å². The average Bonchev–Trinajstić information content (AvgIpc) is 3.29. The van der Waals surface area contributed by atoms with Crippen molar-refractivity contribution < 1.29 is 23.8 Å². The summed E-state index contributed by atoms with van der Waals surface area (Å²) >= 11 is 7.48. The highest BCUT2D eigenvalue weighted by Crippen LogP contribution is 2.35. The lowest BCUT2D eigenvalue weighted by molar-refractivity contribution is -0.120. The number of anilines is 1. The number of fused-ring (bicyclic) bond motifs is 1. The molecule has 4 rings (SSSR count). The number of hydrogen-bond acceptors (Lipinski definition) is 6. The first-order valence-electron chi connectivity index (χ1n) is 9.46. The molecular formula is C22H19ClN2O5S. The van der Waals surface area contributed by atoms with Crippen molar-refractivity contribution in [3.05, 3.63) is 69.4 Å². The van der Waals surface area contributed by atoms with Gasteiger partial charge in [-0.1, -0.05) is 17.7 Å². The van der Waals surface area contributed by atoms with Gasteiger partial charge in [-0.05, 0) is 41.8 Å². The number of amides is 2. The fourth-order valence-corrected chi connectivity index (χ4v) is 3.98. The SMILES string of the molecule is NC(=O)c1cc(Cl)ccc1OCC(=O)N(Cc1cccs1)c1ccc2c(c1)OCCO2. The zero-order valence-electron chi connectivity index (χ0n) is 16.4. The number of carbonyl (C=O) groups excluding carboxylic acids is 2. The van der Waals surface area contributed by atoms with Crippen molar-refractivity contribution in [1.82, 2.24) is 0 Å². The van der Waals surface area contributed by atoms with E-state index < -0.39 is 5.91 Å². The van der Waals surface area contributed by atoms with Crippen LogP contribution >= 0.6 is 22.9 Å². The summed E-state index contributed by atoms with van der Waals surface area (Å²) in [5, 5.41) is 2.30. The number of hydrogen-bond donors (Lipinski definition) is 1. The smallest absolute Gasteiger partial charge is 0.265 e. The maximum Gasteiger partial charge on any atom is 0.265 e. The van der Waals surface area contributed by atoms with Gasteiger partial charge < -0.3 is 24.8 Å². The third kappa shape index (κ3) is 4.92. The van der Waals surface area contributed by atoms with E-state index in [4.69, 9.17) is 31.5 Å². The maximum absolute atomic E-state index is 13.2. The van der Waals surface area contributed by atoms with Crippen molar-refractivity contribution in [1.29, 1.82) is 0 Å². The Bertz CT molecular complexity index is 1100. The van der Waals surface area contributed by atoms with Crippen LogP contribution in [-0.2, 0) is 11.3 Å². The Labute approximate surface area is 187 Å². The highest BCUT2D eigenvalue weighted by molar-refractivity contribution is 7.09. The topological polar surface area (TPSA) is 91.1 Å². The Balaban J connectivity index is 1.57. The van der Waals surface area contributed by atoms with Gasteiger partial charge in [0.25, 0.3) is 11.8 Å². The third-order valence-corrected chi connectivity index (χ3v) is 5.69. The summed E-state index contributed by atoms with van der Waals surface area (Å²) in [5.41, 5.74) is 6.16. The average molecular weight is 459 g/mol. The van der Waals surface area contributed by atoms with Gasteiger partial charge in [0.05, 0.1) is 12.1 Å². The second-order valence-electron chi connectivity index (χ2n) is 6.68. The van der Waals surface area contributed by atoms with Crippen LogP contribution in [0.15, 0.2) is 53.9 Å². The summed E-state index contributed by atoms with van der Waals surface area (Å²) in [6, 6.07) is 13.7. The number of ether oxygens (including phenoxy) is 3. The van der Waals surface area contributed by atoms with Crippen LogP contribution in [0.2, 0.25) is 5.02 Å². The van der Waals surface area contributed by atoms with Crippen LogP contribution < -0.4 is 24.8 Å². The van der Waals surface area contributed by atoms with Gasteiger partial charge in [0, 0.05) is 21.7 Å². The second-order valence-corrected chi connectivity index (χ2v) is 8.15. The van der Waals surface area contributed by atoms with E-state index >= 15 is 0 Å². The van der Waals surface area contributed by atoms with Crippen molar-refractivity contribution in [2.24, 2.45) is 5.73 Å². The highest BCUT2D eigenvalue weighted by atomic mass is 35.5. The molecule has 0 radical (unpaired) electrons. The molecule has 1 aliphatic heterocycles. The van der Waals surface area contributed by atoms with Crippen LogP contribution in [0.25, 0.3) is 0 Å². The Hall–Kier alpha value is -3.23. The molecule has 3 aromatic rings. The zero-order chi connectivity index (χ0) is 21.8. The lowest BCUT2D eigenvalue weighted by Crippen LogP contribution is -2.34. The fraction of sp³-hybridized carbons (Fsp3) is 0.182. The van der Waals surface area contributed by atoms with Crippen molar-refractivity contribution in [3.8, 4) is 17.2 Å². The molecule has 2 amide bonds. The molecule has 1 aromatic heterocycles. The van der Waals surface area contributed by atoms with Gasteiger partial charge in [0.1, 0.15) is 19.0 Å². The van der Waals surface area contributed by atoms with Crippen molar-refractivity contribution in [2.75, 3.05) is 24.7 Å². The fourth-order valence-electron chi connectivity index (χ4n) is 3.12. The molecule has 0 unspecified atom stereocenters. The van der Waals surface area contributed by atoms with E-state index in [1.807, 2.05) is 17.5 Å². The Morgan fingerprint density at radius 3 is 2.65 bits per heavy atom. The Morgan fingerprint density at radius 1 is 1.10 bits per heavy atom. The molecule has 0 saturated heterocycles. The molecule has 0 bridgehead atoms. The first kappa shape index (κ1) is 21.0.